The third-order valence-electron chi connectivity index (χ3n) is 6.58. The van der Waals surface area contributed by atoms with Crippen LogP contribution in [0.1, 0.15) is 48.1 Å². The van der Waals surface area contributed by atoms with Crippen molar-refractivity contribution in [2.24, 2.45) is 11.8 Å². The highest BCUT2D eigenvalue weighted by atomic mass is 32.2. The minimum atomic E-state index is -3.51. The summed E-state index contributed by atoms with van der Waals surface area (Å²) in [7, 11) is -2.26. The number of hydrogen-bond acceptors (Lipinski definition) is 5. The van der Waals surface area contributed by atoms with Gasteiger partial charge in [0.15, 0.2) is 21.4 Å². The van der Waals surface area contributed by atoms with E-state index >= 15 is 0 Å². The molecule has 1 saturated heterocycles. The lowest BCUT2D eigenvalue weighted by molar-refractivity contribution is -0.125. The fourth-order valence-corrected chi connectivity index (χ4v) is 5.28. The molecule has 0 spiro atoms. The van der Waals surface area contributed by atoms with Crippen molar-refractivity contribution in [2.75, 3.05) is 19.9 Å². The minimum Gasteiger partial charge on any atom is -0.494 e. The Morgan fingerprint density at radius 2 is 1.86 bits per heavy atom. The highest BCUT2D eigenvalue weighted by molar-refractivity contribution is 7.90. The molecule has 1 aliphatic carbocycles. The molecule has 1 heterocycles. The van der Waals surface area contributed by atoms with Crippen LogP contribution in [0.4, 0.5) is 8.78 Å². The lowest BCUT2D eigenvalue weighted by Crippen LogP contribution is -2.47. The van der Waals surface area contributed by atoms with Crippen LogP contribution >= 0.6 is 0 Å². The molecule has 2 aromatic rings. The molecule has 2 aliphatic rings. The summed E-state index contributed by atoms with van der Waals surface area (Å²) in [5.74, 6) is -2.52. The number of ether oxygens (including phenoxy) is 1. The number of hydrogen-bond donors (Lipinski definition) is 1. The van der Waals surface area contributed by atoms with E-state index in [1.54, 1.807) is 0 Å². The van der Waals surface area contributed by atoms with Gasteiger partial charge in [-0.2, -0.15) is 0 Å². The Labute approximate surface area is 203 Å². The van der Waals surface area contributed by atoms with Crippen molar-refractivity contribution >= 4 is 21.7 Å². The molecule has 2 aromatic carbocycles. The van der Waals surface area contributed by atoms with Gasteiger partial charge in [0.05, 0.1) is 18.0 Å². The van der Waals surface area contributed by atoms with Crippen LogP contribution in [0, 0.1) is 23.5 Å². The molecule has 1 N–H and O–H groups in total. The van der Waals surface area contributed by atoms with Gasteiger partial charge in [0.2, 0.25) is 5.91 Å². The van der Waals surface area contributed by atoms with Crippen molar-refractivity contribution in [1.29, 1.82) is 0 Å². The first-order valence-corrected chi connectivity index (χ1v) is 13.3. The van der Waals surface area contributed by atoms with Gasteiger partial charge in [-0.1, -0.05) is 13.0 Å². The predicted octanol–water partition coefficient (Wildman–Crippen LogP) is 3.50. The molecule has 0 bridgehead atoms. The van der Waals surface area contributed by atoms with Crippen molar-refractivity contribution < 1.29 is 31.5 Å². The van der Waals surface area contributed by atoms with E-state index in [4.69, 9.17) is 4.74 Å². The zero-order valence-electron chi connectivity index (χ0n) is 19.8. The van der Waals surface area contributed by atoms with Crippen LogP contribution in [0.15, 0.2) is 41.3 Å². The summed E-state index contributed by atoms with van der Waals surface area (Å²) in [6.07, 6.45) is 2.99. The summed E-state index contributed by atoms with van der Waals surface area (Å²) in [5.41, 5.74) is 0.214. The van der Waals surface area contributed by atoms with Crippen molar-refractivity contribution in [3.63, 3.8) is 0 Å². The number of halogens is 2. The van der Waals surface area contributed by atoms with Crippen molar-refractivity contribution in [1.82, 2.24) is 10.2 Å². The standard InChI is InChI=1S/C25H28F2N2O5S/c1-14-9-21(29(13-14)25(31)16-5-4-6-17(10-16)35(3,32)33)24(30)28-23(15-7-8-15)18-11-20(27)22(34-2)12-19(18)26/h4-6,10-12,14-15,21,23H,7-9,13H2,1-3H3,(H,28,30)/t14-,21-,23-/m1/s1. The summed E-state index contributed by atoms with van der Waals surface area (Å²) in [6.45, 7) is 2.23. The van der Waals surface area contributed by atoms with E-state index in [9.17, 15) is 26.8 Å². The number of methoxy groups -OCH3 is 1. The fourth-order valence-electron chi connectivity index (χ4n) is 4.61. The lowest BCUT2D eigenvalue weighted by Gasteiger charge is -2.27. The second-order valence-electron chi connectivity index (χ2n) is 9.45. The van der Waals surface area contributed by atoms with Crippen LogP contribution in [-0.4, -0.2) is 51.1 Å². The second-order valence-corrected chi connectivity index (χ2v) is 11.5. The quantitative estimate of drug-likeness (QED) is 0.621. The Kier molecular flexibility index (Phi) is 6.86. The van der Waals surface area contributed by atoms with Crippen molar-refractivity contribution in [3.05, 3.63) is 59.2 Å². The number of benzene rings is 2. The number of carbonyl (C=O) groups excluding carboxylic acids is 2. The minimum absolute atomic E-state index is 0.0161. The van der Waals surface area contributed by atoms with Crippen LogP contribution in [-0.2, 0) is 14.6 Å². The molecule has 2 fully saturated rings. The van der Waals surface area contributed by atoms with Gasteiger partial charge in [0.25, 0.3) is 5.91 Å². The topological polar surface area (TPSA) is 92.8 Å². The number of sulfone groups is 1. The Bertz CT molecular complexity index is 1260. The number of carbonyl (C=O) groups is 2. The molecule has 4 rings (SSSR count). The smallest absolute Gasteiger partial charge is 0.254 e. The molecule has 1 saturated carbocycles. The maximum atomic E-state index is 14.8. The Balaban J connectivity index is 1.58. The molecular weight excluding hydrogens is 478 g/mol. The maximum Gasteiger partial charge on any atom is 0.254 e. The van der Waals surface area contributed by atoms with Gasteiger partial charge in [-0.3, -0.25) is 9.59 Å². The van der Waals surface area contributed by atoms with E-state index in [1.807, 2.05) is 6.92 Å². The monoisotopic (exact) mass is 506 g/mol. The van der Waals surface area contributed by atoms with E-state index in [1.165, 1.54) is 36.3 Å². The number of amides is 2. The molecule has 2 amide bonds. The summed E-state index contributed by atoms with van der Waals surface area (Å²) in [4.78, 5) is 28.1. The van der Waals surface area contributed by atoms with Gasteiger partial charge in [-0.15, -0.1) is 0 Å². The number of nitrogens with one attached hydrogen (secondary N) is 1. The van der Waals surface area contributed by atoms with Crippen molar-refractivity contribution in [2.45, 2.75) is 43.2 Å². The molecule has 1 aliphatic heterocycles. The van der Waals surface area contributed by atoms with Crippen LogP contribution in [0.2, 0.25) is 0 Å². The molecule has 3 atom stereocenters. The number of nitrogens with zero attached hydrogens (tertiary/aromatic N) is 1. The SMILES string of the molecule is COc1cc(F)c([C@H](NC(=O)[C@H]2C[C@@H](C)CN2C(=O)c2cccc(S(C)(=O)=O)c2)C2CC2)cc1F. The fraction of sp³-hybridized carbons (Fsp3) is 0.440. The van der Waals surface area contributed by atoms with Gasteiger partial charge in [0.1, 0.15) is 11.9 Å². The third-order valence-corrected chi connectivity index (χ3v) is 7.69. The number of rotatable bonds is 7. The molecule has 0 radical (unpaired) electrons. The summed E-state index contributed by atoms with van der Waals surface area (Å²) >= 11 is 0. The first kappa shape index (κ1) is 25.1. The predicted molar refractivity (Wildman–Crippen MR) is 125 cm³/mol. The largest absolute Gasteiger partial charge is 0.494 e. The van der Waals surface area contributed by atoms with Crippen LogP contribution < -0.4 is 10.1 Å². The summed E-state index contributed by atoms with van der Waals surface area (Å²) < 4.78 is 57.8. The highest BCUT2D eigenvalue weighted by Crippen LogP contribution is 2.43. The van der Waals surface area contributed by atoms with Gasteiger partial charge >= 0.3 is 0 Å². The van der Waals surface area contributed by atoms with E-state index in [0.717, 1.165) is 31.2 Å². The Hall–Kier alpha value is -3.01. The zero-order valence-corrected chi connectivity index (χ0v) is 20.6. The van der Waals surface area contributed by atoms with E-state index in [-0.39, 0.29) is 33.6 Å². The van der Waals surface area contributed by atoms with Crippen LogP contribution in [0.25, 0.3) is 0 Å². The molecule has 0 aromatic heterocycles. The Morgan fingerprint density at radius 1 is 1.14 bits per heavy atom. The first-order valence-electron chi connectivity index (χ1n) is 11.4. The second kappa shape index (κ2) is 9.56. The molecule has 188 valence electrons. The molecule has 7 nitrogen and oxygen atoms in total. The third kappa shape index (κ3) is 5.32. The van der Waals surface area contributed by atoms with Gasteiger partial charge in [0, 0.05) is 30.0 Å². The zero-order chi connectivity index (χ0) is 25.5. The molecular formula is C25H28F2N2O5S. The van der Waals surface area contributed by atoms with Crippen LogP contribution in [0.5, 0.6) is 5.75 Å². The van der Waals surface area contributed by atoms with E-state index < -0.39 is 45.4 Å². The highest BCUT2D eigenvalue weighted by Gasteiger charge is 2.42. The normalized spacial score (nSPS) is 21.0. The Morgan fingerprint density at radius 3 is 2.49 bits per heavy atom. The van der Waals surface area contributed by atoms with Crippen molar-refractivity contribution in [3.8, 4) is 5.75 Å². The van der Waals surface area contributed by atoms with Gasteiger partial charge < -0.3 is 15.0 Å². The van der Waals surface area contributed by atoms with E-state index in [2.05, 4.69) is 5.32 Å². The molecule has 10 heteroatoms. The first-order chi connectivity index (χ1) is 16.5. The number of likely N-dealkylation sites (tertiary alicyclic amines) is 1. The molecule has 35 heavy (non-hydrogen) atoms. The maximum absolute atomic E-state index is 14.8. The van der Waals surface area contributed by atoms with Gasteiger partial charge in [-0.25, -0.2) is 17.2 Å². The van der Waals surface area contributed by atoms with Gasteiger partial charge in [-0.05, 0) is 55.4 Å². The van der Waals surface area contributed by atoms with E-state index in [0.29, 0.717) is 13.0 Å². The summed E-state index contributed by atoms with van der Waals surface area (Å²) in [6, 6.07) is 6.18. The lowest BCUT2D eigenvalue weighted by atomic mass is 9.99. The molecule has 0 unspecified atom stereocenters. The van der Waals surface area contributed by atoms with Crippen LogP contribution in [0.3, 0.4) is 0 Å². The average Bonchev–Trinajstić information content (AvgIpc) is 3.58. The summed E-state index contributed by atoms with van der Waals surface area (Å²) in [5, 5.41) is 2.86. The average molecular weight is 507 g/mol.